The van der Waals surface area contributed by atoms with E-state index in [9.17, 15) is 0 Å². The topological polar surface area (TPSA) is 56.7 Å². The lowest BCUT2D eigenvalue weighted by atomic mass is 10.2. The molecule has 0 radical (unpaired) electrons. The molecule has 17 heavy (non-hydrogen) atoms. The van der Waals surface area contributed by atoms with E-state index in [0.29, 0.717) is 6.54 Å². The van der Waals surface area contributed by atoms with Crippen molar-refractivity contribution >= 4 is 27.7 Å². The maximum Gasteiger partial charge on any atom is 0.0967 e. The number of halogens is 1. The lowest BCUT2D eigenvalue weighted by Gasteiger charge is -2.11. The van der Waals surface area contributed by atoms with Crippen molar-refractivity contribution in [3.8, 4) is 0 Å². The molecule has 90 valence electrons. The fraction of sp³-hybridized carbons (Fsp3) is 0.273. The second-order valence-corrected chi connectivity index (χ2v) is 5.74. The van der Waals surface area contributed by atoms with E-state index >= 15 is 0 Å². The minimum absolute atomic E-state index is 0.192. The molecule has 0 aliphatic carbocycles. The van der Waals surface area contributed by atoms with Crippen LogP contribution in [0.1, 0.15) is 10.8 Å². The third kappa shape index (κ3) is 3.31. The average Bonchev–Trinajstić information content (AvgIpc) is 2.75. The molecule has 0 bridgehead atoms. The first-order chi connectivity index (χ1) is 8.19. The van der Waals surface area contributed by atoms with Crippen LogP contribution in [0.5, 0.6) is 0 Å². The third-order valence-electron chi connectivity index (χ3n) is 2.27. The Morgan fingerprint density at radius 2 is 2.29 bits per heavy atom. The Bertz CT molecular complexity index is 482. The molecular weight excluding hydrogens is 300 g/mol. The molecule has 2 N–H and O–H groups in total. The van der Waals surface area contributed by atoms with E-state index in [2.05, 4.69) is 26.0 Å². The summed E-state index contributed by atoms with van der Waals surface area (Å²) >= 11 is 5.02. The monoisotopic (exact) mass is 312 g/mol. The molecule has 0 amide bonds. The molecule has 0 aliphatic rings. The van der Waals surface area contributed by atoms with Crippen LogP contribution in [-0.4, -0.2) is 21.3 Å². The van der Waals surface area contributed by atoms with Gasteiger partial charge in [0.1, 0.15) is 0 Å². The minimum Gasteiger partial charge on any atom is -0.329 e. The van der Waals surface area contributed by atoms with Gasteiger partial charge in [0.2, 0.25) is 0 Å². The van der Waals surface area contributed by atoms with Gasteiger partial charge in [0.05, 0.1) is 16.5 Å². The van der Waals surface area contributed by atoms with Gasteiger partial charge in [-0.25, -0.2) is 4.98 Å². The van der Waals surface area contributed by atoms with E-state index in [0.717, 1.165) is 15.1 Å². The SMILES string of the molecule is Cn1cc(C(CN)Sc2ccc(Br)cn2)cn1. The highest BCUT2D eigenvalue weighted by atomic mass is 79.9. The Labute approximate surface area is 113 Å². The first-order valence-corrected chi connectivity index (χ1v) is 6.83. The van der Waals surface area contributed by atoms with Gasteiger partial charge < -0.3 is 5.73 Å². The van der Waals surface area contributed by atoms with Crippen LogP contribution in [0.2, 0.25) is 0 Å². The summed E-state index contributed by atoms with van der Waals surface area (Å²) < 4.78 is 2.76. The fourth-order valence-corrected chi connectivity index (χ4v) is 2.58. The minimum atomic E-state index is 0.192. The van der Waals surface area contributed by atoms with E-state index in [1.807, 2.05) is 31.6 Å². The van der Waals surface area contributed by atoms with Crippen molar-refractivity contribution in [2.75, 3.05) is 6.54 Å². The highest BCUT2D eigenvalue weighted by molar-refractivity contribution is 9.10. The van der Waals surface area contributed by atoms with Crippen LogP contribution in [0.4, 0.5) is 0 Å². The molecule has 0 fully saturated rings. The zero-order valence-electron chi connectivity index (χ0n) is 9.38. The maximum absolute atomic E-state index is 5.80. The van der Waals surface area contributed by atoms with Crippen molar-refractivity contribution in [2.24, 2.45) is 12.8 Å². The lowest BCUT2D eigenvalue weighted by Crippen LogP contribution is -2.08. The molecule has 2 rings (SSSR count). The molecular formula is C11H13BrN4S. The van der Waals surface area contributed by atoms with E-state index < -0.39 is 0 Å². The molecule has 0 aliphatic heterocycles. The Hall–Kier alpha value is -0.850. The van der Waals surface area contributed by atoms with Crippen LogP contribution in [0.25, 0.3) is 0 Å². The summed E-state index contributed by atoms with van der Waals surface area (Å²) in [6.45, 7) is 0.564. The lowest BCUT2D eigenvalue weighted by molar-refractivity contribution is 0.766. The van der Waals surface area contributed by atoms with Gasteiger partial charge in [0.15, 0.2) is 0 Å². The summed E-state index contributed by atoms with van der Waals surface area (Å²) in [6.07, 6.45) is 5.63. The van der Waals surface area contributed by atoms with Crippen molar-refractivity contribution in [1.82, 2.24) is 14.8 Å². The fourth-order valence-electron chi connectivity index (χ4n) is 1.44. The highest BCUT2D eigenvalue weighted by Gasteiger charge is 2.13. The van der Waals surface area contributed by atoms with Gasteiger partial charge in [-0.05, 0) is 28.1 Å². The van der Waals surface area contributed by atoms with Gasteiger partial charge in [-0.1, -0.05) is 11.8 Å². The summed E-state index contributed by atoms with van der Waals surface area (Å²) in [4.78, 5) is 4.33. The number of thioether (sulfide) groups is 1. The predicted octanol–water partition coefficient (Wildman–Crippen LogP) is 2.37. The Kier molecular flexibility index (Phi) is 4.20. The van der Waals surface area contributed by atoms with E-state index in [1.165, 1.54) is 0 Å². The van der Waals surface area contributed by atoms with Crippen LogP contribution >= 0.6 is 27.7 Å². The number of aromatic nitrogens is 3. The Morgan fingerprint density at radius 1 is 1.47 bits per heavy atom. The van der Waals surface area contributed by atoms with Gasteiger partial charge >= 0.3 is 0 Å². The summed E-state index contributed by atoms with van der Waals surface area (Å²) in [5, 5.41) is 5.32. The van der Waals surface area contributed by atoms with Crippen molar-refractivity contribution in [2.45, 2.75) is 10.3 Å². The standard InChI is InChI=1S/C11H13BrN4S/c1-16-7-8(5-15-16)10(4-13)17-11-3-2-9(12)6-14-11/h2-3,5-7,10H,4,13H2,1H3. The number of nitrogens with two attached hydrogens (primary N) is 1. The molecule has 0 saturated heterocycles. The first kappa shape index (κ1) is 12.6. The van der Waals surface area contributed by atoms with Crippen molar-refractivity contribution in [3.05, 3.63) is 40.8 Å². The Balaban J connectivity index is 2.12. The van der Waals surface area contributed by atoms with Gasteiger partial charge in [-0.3, -0.25) is 4.68 Å². The zero-order chi connectivity index (χ0) is 12.3. The number of rotatable bonds is 4. The Morgan fingerprint density at radius 3 is 2.82 bits per heavy atom. The summed E-state index contributed by atoms with van der Waals surface area (Å²) in [5.74, 6) is 0. The number of aryl methyl sites for hydroxylation is 1. The van der Waals surface area contributed by atoms with Crippen molar-refractivity contribution in [3.63, 3.8) is 0 Å². The summed E-state index contributed by atoms with van der Waals surface area (Å²) in [7, 11) is 1.90. The molecule has 0 saturated carbocycles. The normalized spacial score (nSPS) is 12.6. The number of nitrogens with zero attached hydrogens (tertiary/aromatic N) is 3. The molecule has 6 heteroatoms. The number of pyridine rings is 1. The molecule has 2 heterocycles. The second-order valence-electron chi connectivity index (χ2n) is 3.60. The van der Waals surface area contributed by atoms with Crippen molar-refractivity contribution in [1.29, 1.82) is 0 Å². The quantitative estimate of drug-likeness (QED) is 0.881. The number of hydrogen-bond acceptors (Lipinski definition) is 4. The molecule has 1 unspecified atom stereocenters. The largest absolute Gasteiger partial charge is 0.329 e. The van der Waals surface area contributed by atoms with Crippen LogP contribution in [0.15, 0.2) is 40.2 Å². The van der Waals surface area contributed by atoms with Gasteiger partial charge in [-0.2, -0.15) is 5.10 Å². The highest BCUT2D eigenvalue weighted by Crippen LogP contribution is 2.33. The third-order valence-corrected chi connectivity index (χ3v) is 3.98. The van der Waals surface area contributed by atoms with Gasteiger partial charge in [0, 0.05) is 36.0 Å². The smallest absolute Gasteiger partial charge is 0.0967 e. The van der Waals surface area contributed by atoms with E-state index in [1.54, 1.807) is 22.6 Å². The number of hydrogen-bond donors (Lipinski definition) is 1. The molecule has 4 nitrogen and oxygen atoms in total. The summed E-state index contributed by atoms with van der Waals surface area (Å²) in [6, 6.07) is 3.96. The maximum atomic E-state index is 5.80. The zero-order valence-corrected chi connectivity index (χ0v) is 11.8. The van der Waals surface area contributed by atoms with Crippen molar-refractivity contribution < 1.29 is 0 Å². The molecule has 2 aromatic rings. The van der Waals surface area contributed by atoms with Crippen LogP contribution in [0.3, 0.4) is 0 Å². The van der Waals surface area contributed by atoms with Crippen LogP contribution in [-0.2, 0) is 7.05 Å². The molecule has 2 aromatic heterocycles. The molecule has 0 spiro atoms. The average molecular weight is 313 g/mol. The summed E-state index contributed by atoms with van der Waals surface area (Å²) in [5.41, 5.74) is 6.93. The van der Waals surface area contributed by atoms with Crippen LogP contribution < -0.4 is 5.73 Å². The van der Waals surface area contributed by atoms with Crippen LogP contribution in [0, 0.1) is 0 Å². The molecule has 0 aromatic carbocycles. The van der Waals surface area contributed by atoms with E-state index in [4.69, 9.17) is 5.73 Å². The molecule has 1 atom stereocenters. The van der Waals surface area contributed by atoms with Gasteiger partial charge in [-0.15, -0.1) is 0 Å². The first-order valence-electron chi connectivity index (χ1n) is 5.16. The van der Waals surface area contributed by atoms with Gasteiger partial charge in [0.25, 0.3) is 0 Å². The van der Waals surface area contributed by atoms with E-state index in [-0.39, 0.29) is 5.25 Å². The second kappa shape index (κ2) is 5.66. The predicted molar refractivity (Wildman–Crippen MR) is 72.8 cm³/mol.